The third-order valence-electron chi connectivity index (χ3n) is 5.02. The molecule has 3 aliphatic rings. The summed E-state index contributed by atoms with van der Waals surface area (Å²) in [6.07, 6.45) is 4.14. The zero-order valence-electron chi connectivity index (χ0n) is 12.2. The van der Waals surface area contributed by atoms with Crippen LogP contribution in [0.3, 0.4) is 0 Å². The summed E-state index contributed by atoms with van der Waals surface area (Å²) in [6.45, 7) is 0.275. The van der Waals surface area contributed by atoms with Gasteiger partial charge in [0.05, 0.1) is 18.2 Å². The number of rotatable bonds is 4. The lowest BCUT2D eigenvalue weighted by Gasteiger charge is -2.26. The highest BCUT2D eigenvalue weighted by Crippen LogP contribution is 2.54. The highest BCUT2D eigenvalue weighted by molar-refractivity contribution is 6.07. The van der Waals surface area contributed by atoms with Crippen LogP contribution in [-0.4, -0.2) is 22.4 Å². The molecule has 112 valence electrons. The van der Waals surface area contributed by atoms with Crippen molar-refractivity contribution >= 4 is 11.9 Å². The molecule has 0 atom stereocenters. The second kappa shape index (κ2) is 4.57. The Kier molecular flexibility index (Phi) is 2.77. The molecule has 1 aliphatic heterocycles. The standard InChI is InChI=1S/C17H17N3O2/c18-9-11-1-3-12(4-2-11)10-20-15(21)17(13-5-6-13,14-7-8-14)19-16(20)22/h1-4,13-14H,5-8,10H2,(H,19,22). The molecule has 5 nitrogen and oxygen atoms in total. The van der Waals surface area contributed by atoms with Crippen LogP contribution in [0.2, 0.25) is 0 Å². The Morgan fingerprint density at radius 1 is 1.14 bits per heavy atom. The highest BCUT2D eigenvalue weighted by atomic mass is 16.2. The van der Waals surface area contributed by atoms with Gasteiger partial charge in [0.2, 0.25) is 0 Å². The van der Waals surface area contributed by atoms with Gasteiger partial charge in [-0.2, -0.15) is 5.26 Å². The Balaban J connectivity index is 1.58. The van der Waals surface area contributed by atoms with Gasteiger partial charge in [0.25, 0.3) is 5.91 Å². The average Bonchev–Trinajstić information content (AvgIpc) is 3.41. The maximum atomic E-state index is 12.9. The molecule has 0 aromatic heterocycles. The quantitative estimate of drug-likeness (QED) is 0.865. The van der Waals surface area contributed by atoms with Crippen molar-refractivity contribution in [3.63, 3.8) is 0 Å². The second-order valence-electron chi connectivity index (χ2n) is 6.55. The Hall–Kier alpha value is -2.35. The van der Waals surface area contributed by atoms with Crippen molar-refractivity contribution in [3.8, 4) is 6.07 Å². The number of hydrogen-bond donors (Lipinski definition) is 1. The SMILES string of the molecule is N#Cc1ccc(CN2C(=O)NC(C3CC3)(C3CC3)C2=O)cc1. The molecule has 2 saturated carbocycles. The topological polar surface area (TPSA) is 73.2 Å². The zero-order chi connectivity index (χ0) is 15.3. The van der Waals surface area contributed by atoms with Crippen molar-refractivity contribution in [2.75, 3.05) is 0 Å². The summed E-state index contributed by atoms with van der Waals surface area (Å²) in [7, 11) is 0. The molecular weight excluding hydrogens is 278 g/mol. The van der Waals surface area contributed by atoms with Crippen LogP contribution in [0.4, 0.5) is 4.79 Å². The van der Waals surface area contributed by atoms with E-state index in [1.54, 1.807) is 24.3 Å². The van der Waals surface area contributed by atoms with Crippen molar-refractivity contribution in [2.45, 2.75) is 37.8 Å². The fourth-order valence-electron chi connectivity index (χ4n) is 3.59. The second-order valence-corrected chi connectivity index (χ2v) is 6.55. The van der Waals surface area contributed by atoms with E-state index in [9.17, 15) is 9.59 Å². The maximum Gasteiger partial charge on any atom is 0.325 e. The van der Waals surface area contributed by atoms with E-state index in [-0.39, 0.29) is 18.5 Å². The first-order chi connectivity index (χ1) is 10.6. The molecule has 22 heavy (non-hydrogen) atoms. The van der Waals surface area contributed by atoms with Gasteiger partial charge in [-0.15, -0.1) is 0 Å². The van der Waals surface area contributed by atoms with E-state index < -0.39 is 5.54 Å². The first-order valence-electron chi connectivity index (χ1n) is 7.78. The van der Waals surface area contributed by atoms with Crippen molar-refractivity contribution in [1.29, 1.82) is 5.26 Å². The summed E-state index contributed by atoms with van der Waals surface area (Å²) < 4.78 is 0. The smallest absolute Gasteiger partial charge is 0.323 e. The Morgan fingerprint density at radius 3 is 2.23 bits per heavy atom. The lowest BCUT2D eigenvalue weighted by atomic mass is 9.87. The van der Waals surface area contributed by atoms with Crippen LogP contribution in [0, 0.1) is 23.2 Å². The van der Waals surface area contributed by atoms with Gasteiger partial charge < -0.3 is 5.32 Å². The Bertz CT molecular complexity index is 669. The predicted molar refractivity (Wildman–Crippen MR) is 78.4 cm³/mol. The fourth-order valence-corrected chi connectivity index (χ4v) is 3.59. The predicted octanol–water partition coefficient (Wildman–Crippen LogP) is 2.17. The normalized spacial score (nSPS) is 23.3. The molecule has 3 amide bonds. The number of urea groups is 1. The van der Waals surface area contributed by atoms with E-state index in [0.717, 1.165) is 31.2 Å². The molecule has 1 aromatic rings. The molecule has 0 unspecified atom stereocenters. The summed E-state index contributed by atoms with van der Waals surface area (Å²) >= 11 is 0. The largest absolute Gasteiger partial charge is 0.325 e. The number of carbonyl (C=O) groups excluding carboxylic acids is 2. The summed E-state index contributed by atoms with van der Waals surface area (Å²) in [4.78, 5) is 26.6. The summed E-state index contributed by atoms with van der Waals surface area (Å²) in [5, 5.41) is 11.8. The van der Waals surface area contributed by atoms with Gasteiger partial charge in [0.1, 0.15) is 5.54 Å². The van der Waals surface area contributed by atoms with Gasteiger partial charge in [-0.1, -0.05) is 12.1 Å². The van der Waals surface area contributed by atoms with Gasteiger partial charge in [-0.05, 0) is 55.2 Å². The monoisotopic (exact) mass is 295 g/mol. The van der Waals surface area contributed by atoms with Gasteiger partial charge in [0, 0.05) is 0 Å². The van der Waals surface area contributed by atoms with Crippen LogP contribution in [0.5, 0.6) is 0 Å². The summed E-state index contributed by atoms with van der Waals surface area (Å²) in [5.74, 6) is 0.594. The molecule has 4 rings (SSSR count). The number of nitrogens with zero attached hydrogens (tertiary/aromatic N) is 2. The minimum Gasteiger partial charge on any atom is -0.323 e. The molecule has 1 aromatic carbocycles. The van der Waals surface area contributed by atoms with Gasteiger partial charge >= 0.3 is 6.03 Å². The lowest BCUT2D eigenvalue weighted by molar-refractivity contribution is -0.133. The number of nitriles is 1. The van der Waals surface area contributed by atoms with Crippen molar-refractivity contribution in [1.82, 2.24) is 10.2 Å². The number of nitrogens with one attached hydrogen (secondary N) is 1. The Morgan fingerprint density at radius 2 is 1.73 bits per heavy atom. The van der Waals surface area contributed by atoms with Crippen LogP contribution in [0.15, 0.2) is 24.3 Å². The Labute approximate surface area is 128 Å². The lowest BCUT2D eigenvalue weighted by Crippen LogP contribution is -2.51. The molecule has 0 spiro atoms. The van der Waals surface area contributed by atoms with E-state index in [4.69, 9.17) is 5.26 Å². The summed E-state index contributed by atoms with van der Waals surface area (Å²) in [6, 6.07) is 8.81. The molecule has 2 aliphatic carbocycles. The third kappa shape index (κ3) is 1.91. The van der Waals surface area contributed by atoms with Crippen LogP contribution in [0.1, 0.15) is 36.8 Å². The third-order valence-corrected chi connectivity index (χ3v) is 5.02. The first kappa shape index (κ1) is 13.3. The molecule has 1 N–H and O–H groups in total. The van der Waals surface area contributed by atoms with E-state index in [1.165, 1.54) is 4.90 Å². The molecule has 1 heterocycles. The van der Waals surface area contributed by atoms with E-state index in [1.807, 2.05) is 0 Å². The number of hydrogen-bond acceptors (Lipinski definition) is 3. The number of benzene rings is 1. The molecular formula is C17H17N3O2. The number of amides is 3. The molecule has 3 fully saturated rings. The van der Waals surface area contributed by atoms with Gasteiger partial charge in [-0.25, -0.2) is 4.79 Å². The zero-order valence-corrected chi connectivity index (χ0v) is 12.2. The molecule has 1 saturated heterocycles. The van der Waals surface area contributed by atoms with Gasteiger partial charge in [-0.3, -0.25) is 9.69 Å². The minimum atomic E-state index is -0.621. The van der Waals surface area contributed by atoms with E-state index >= 15 is 0 Å². The highest BCUT2D eigenvalue weighted by Gasteiger charge is 2.65. The minimum absolute atomic E-state index is 0.0492. The van der Waals surface area contributed by atoms with Crippen LogP contribution < -0.4 is 5.32 Å². The molecule has 0 bridgehead atoms. The van der Waals surface area contributed by atoms with Crippen LogP contribution in [-0.2, 0) is 11.3 Å². The molecule has 5 heteroatoms. The van der Waals surface area contributed by atoms with Crippen molar-refractivity contribution < 1.29 is 9.59 Å². The average molecular weight is 295 g/mol. The van der Waals surface area contributed by atoms with Crippen LogP contribution in [0.25, 0.3) is 0 Å². The van der Waals surface area contributed by atoms with Crippen LogP contribution >= 0.6 is 0 Å². The number of carbonyl (C=O) groups is 2. The van der Waals surface area contributed by atoms with E-state index in [0.29, 0.717) is 17.4 Å². The van der Waals surface area contributed by atoms with Crippen molar-refractivity contribution in [2.24, 2.45) is 11.8 Å². The fraction of sp³-hybridized carbons (Fsp3) is 0.471. The number of imide groups is 1. The first-order valence-corrected chi connectivity index (χ1v) is 7.78. The summed E-state index contributed by atoms with van der Waals surface area (Å²) in [5.41, 5.74) is 0.820. The molecule has 0 radical (unpaired) electrons. The maximum absolute atomic E-state index is 12.9. The van der Waals surface area contributed by atoms with Gasteiger partial charge in [0.15, 0.2) is 0 Å². The van der Waals surface area contributed by atoms with Crippen molar-refractivity contribution in [3.05, 3.63) is 35.4 Å². The van der Waals surface area contributed by atoms with E-state index in [2.05, 4.69) is 11.4 Å².